The molecule has 0 radical (unpaired) electrons. The molecule has 2 aromatic rings. The van der Waals surface area contributed by atoms with Crippen molar-refractivity contribution in [3.63, 3.8) is 0 Å². The number of piperidine rings is 1. The zero-order chi connectivity index (χ0) is 11.0. The van der Waals surface area contributed by atoms with E-state index in [2.05, 4.69) is 50.5 Å². The van der Waals surface area contributed by atoms with E-state index in [1.807, 2.05) is 0 Å². The first-order valence-electron chi connectivity index (χ1n) is 5.83. The van der Waals surface area contributed by atoms with Crippen molar-refractivity contribution in [1.29, 1.82) is 0 Å². The molecule has 0 amide bonds. The fourth-order valence-electron chi connectivity index (χ4n) is 2.52. The van der Waals surface area contributed by atoms with E-state index in [1.54, 1.807) is 0 Å². The molecule has 1 aromatic heterocycles. The second-order valence-electron chi connectivity index (χ2n) is 4.42. The number of nitrogens with one attached hydrogen (secondary N) is 2. The molecule has 1 saturated heterocycles. The number of aromatic amines is 1. The topological polar surface area (TPSA) is 27.8 Å². The third kappa shape index (κ3) is 1.68. The van der Waals surface area contributed by atoms with Crippen LogP contribution in [0.2, 0.25) is 0 Å². The number of hydrogen-bond donors (Lipinski definition) is 2. The predicted molar refractivity (Wildman–Crippen MR) is 70.8 cm³/mol. The number of rotatable bonds is 1. The Morgan fingerprint density at radius 2 is 1.88 bits per heavy atom. The summed E-state index contributed by atoms with van der Waals surface area (Å²) in [5.74, 6) is 0.669. The summed E-state index contributed by atoms with van der Waals surface area (Å²) in [6.45, 7) is 2.26. The van der Waals surface area contributed by atoms with Crippen LogP contribution in [0, 0.1) is 0 Å². The minimum absolute atomic E-state index is 0.669. The smallest absolute Gasteiger partial charge is 0.0467 e. The maximum Gasteiger partial charge on any atom is 0.0467 e. The summed E-state index contributed by atoms with van der Waals surface area (Å²) in [7, 11) is 0. The maximum absolute atomic E-state index is 3.74. The Labute approximate surface area is 104 Å². The van der Waals surface area contributed by atoms with Gasteiger partial charge in [-0.25, -0.2) is 0 Å². The molecule has 1 aromatic carbocycles. The van der Waals surface area contributed by atoms with Gasteiger partial charge in [-0.2, -0.15) is 0 Å². The van der Waals surface area contributed by atoms with Crippen molar-refractivity contribution in [3.05, 3.63) is 34.4 Å². The molecule has 0 unspecified atom stereocenters. The average Bonchev–Trinajstić information content (AvgIpc) is 2.69. The number of H-pyrrole nitrogens is 1. The Morgan fingerprint density at radius 1 is 1.12 bits per heavy atom. The van der Waals surface area contributed by atoms with Gasteiger partial charge in [-0.05, 0) is 47.9 Å². The Morgan fingerprint density at radius 3 is 2.62 bits per heavy atom. The number of para-hydroxylation sites is 1. The van der Waals surface area contributed by atoms with Gasteiger partial charge in [-0.1, -0.05) is 18.2 Å². The van der Waals surface area contributed by atoms with E-state index < -0.39 is 0 Å². The molecule has 1 fully saturated rings. The Kier molecular flexibility index (Phi) is 2.74. The molecular weight excluding hydrogens is 264 g/mol. The van der Waals surface area contributed by atoms with Crippen molar-refractivity contribution in [1.82, 2.24) is 10.3 Å². The monoisotopic (exact) mass is 278 g/mol. The molecule has 3 rings (SSSR count). The van der Waals surface area contributed by atoms with Crippen LogP contribution in [0.5, 0.6) is 0 Å². The molecule has 2 nitrogen and oxygen atoms in total. The van der Waals surface area contributed by atoms with Gasteiger partial charge in [-0.3, -0.25) is 0 Å². The van der Waals surface area contributed by atoms with E-state index in [0.717, 1.165) is 13.1 Å². The van der Waals surface area contributed by atoms with Gasteiger partial charge in [0.15, 0.2) is 0 Å². The molecule has 2 N–H and O–H groups in total. The average molecular weight is 279 g/mol. The van der Waals surface area contributed by atoms with E-state index in [0.29, 0.717) is 5.92 Å². The first-order chi connectivity index (χ1) is 7.86. The van der Waals surface area contributed by atoms with Crippen molar-refractivity contribution in [3.8, 4) is 0 Å². The van der Waals surface area contributed by atoms with Gasteiger partial charge in [-0.15, -0.1) is 0 Å². The van der Waals surface area contributed by atoms with Gasteiger partial charge >= 0.3 is 0 Å². The number of aromatic nitrogens is 1. The van der Waals surface area contributed by atoms with Crippen molar-refractivity contribution >= 4 is 26.8 Å². The summed E-state index contributed by atoms with van der Waals surface area (Å²) < 4.78 is 1.26. The van der Waals surface area contributed by atoms with Crippen LogP contribution in [-0.2, 0) is 0 Å². The van der Waals surface area contributed by atoms with Crippen molar-refractivity contribution in [2.75, 3.05) is 13.1 Å². The molecule has 1 aliphatic rings. The summed E-state index contributed by atoms with van der Waals surface area (Å²) >= 11 is 3.74. The van der Waals surface area contributed by atoms with Gasteiger partial charge in [0, 0.05) is 27.0 Å². The Bertz CT molecular complexity index is 498. The van der Waals surface area contributed by atoms with Gasteiger partial charge in [0.05, 0.1) is 0 Å². The number of halogens is 1. The van der Waals surface area contributed by atoms with Gasteiger partial charge < -0.3 is 10.3 Å². The lowest BCUT2D eigenvalue weighted by atomic mass is 9.95. The number of fused-ring (bicyclic) bond motifs is 1. The third-order valence-corrected chi connectivity index (χ3v) is 4.27. The molecule has 0 aliphatic carbocycles. The highest BCUT2D eigenvalue weighted by atomic mass is 79.9. The maximum atomic E-state index is 3.74. The van der Waals surface area contributed by atoms with E-state index in [9.17, 15) is 0 Å². The molecule has 84 valence electrons. The molecule has 3 heteroatoms. The largest absolute Gasteiger partial charge is 0.357 e. The molecule has 0 saturated carbocycles. The molecule has 2 heterocycles. The molecule has 0 bridgehead atoms. The first-order valence-corrected chi connectivity index (χ1v) is 6.62. The minimum atomic E-state index is 0.669. The van der Waals surface area contributed by atoms with E-state index in [4.69, 9.17) is 0 Å². The summed E-state index contributed by atoms with van der Waals surface area (Å²) in [4.78, 5) is 3.56. The van der Waals surface area contributed by atoms with Gasteiger partial charge in [0.25, 0.3) is 0 Å². The molecule has 0 atom stereocenters. The Balaban J connectivity index is 2.05. The van der Waals surface area contributed by atoms with Crippen LogP contribution in [0.25, 0.3) is 10.9 Å². The second-order valence-corrected chi connectivity index (χ2v) is 5.22. The van der Waals surface area contributed by atoms with Crippen LogP contribution in [0.1, 0.15) is 24.5 Å². The third-order valence-electron chi connectivity index (χ3n) is 3.42. The van der Waals surface area contributed by atoms with Gasteiger partial charge in [0.2, 0.25) is 0 Å². The van der Waals surface area contributed by atoms with Crippen LogP contribution in [0.4, 0.5) is 0 Å². The highest BCUT2D eigenvalue weighted by Crippen LogP contribution is 2.35. The van der Waals surface area contributed by atoms with Crippen LogP contribution in [0.3, 0.4) is 0 Å². The van der Waals surface area contributed by atoms with Crippen molar-refractivity contribution in [2.45, 2.75) is 18.8 Å². The van der Waals surface area contributed by atoms with Crippen molar-refractivity contribution < 1.29 is 0 Å². The van der Waals surface area contributed by atoms with Crippen molar-refractivity contribution in [2.24, 2.45) is 0 Å². The standard InChI is InChI=1S/C13H15BrN2/c14-12-10-3-1-2-4-11(10)16-13(12)9-5-7-15-8-6-9/h1-4,9,15-16H,5-8H2. The molecule has 0 spiro atoms. The fourth-order valence-corrected chi connectivity index (χ4v) is 3.29. The second kappa shape index (κ2) is 4.22. The molecular formula is C13H15BrN2. The van der Waals surface area contributed by atoms with Crippen LogP contribution in [-0.4, -0.2) is 18.1 Å². The predicted octanol–water partition coefficient (Wildman–Crippen LogP) is 3.40. The fraction of sp³-hybridized carbons (Fsp3) is 0.385. The lowest BCUT2D eigenvalue weighted by molar-refractivity contribution is 0.454. The number of benzene rings is 1. The highest BCUT2D eigenvalue weighted by molar-refractivity contribution is 9.10. The number of hydrogen-bond acceptors (Lipinski definition) is 1. The summed E-state index contributed by atoms with van der Waals surface area (Å²) in [5, 5.41) is 4.71. The summed E-state index contributed by atoms with van der Waals surface area (Å²) in [6.07, 6.45) is 2.46. The lowest BCUT2D eigenvalue weighted by Gasteiger charge is -2.22. The quantitative estimate of drug-likeness (QED) is 0.822. The summed E-state index contributed by atoms with van der Waals surface area (Å²) in [5.41, 5.74) is 2.62. The first kappa shape index (κ1) is 10.4. The molecule has 1 aliphatic heterocycles. The Hall–Kier alpha value is -0.800. The van der Waals surface area contributed by atoms with E-state index in [-0.39, 0.29) is 0 Å². The molecule has 16 heavy (non-hydrogen) atoms. The lowest BCUT2D eigenvalue weighted by Crippen LogP contribution is -2.26. The van der Waals surface area contributed by atoms with E-state index in [1.165, 1.54) is 33.9 Å². The normalized spacial score (nSPS) is 18.1. The SMILES string of the molecule is Brc1c(C2CCNCC2)[nH]c2ccccc12. The minimum Gasteiger partial charge on any atom is -0.357 e. The summed E-state index contributed by atoms with van der Waals surface area (Å²) in [6, 6.07) is 8.48. The van der Waals surface area contributed by atoms with Gasteiger partial charge in [0.1, 0.15) is 0 Å². The van der Waals surface area contributed by atoms with E-state index >= 15 is 0 Å². The van der Waals surface area contributed by atoms with Crippen LogP contribution < -0.4 is 5.32 Å². The van der Waals surface area contributed by atoms with Crippen LogP contribution >= 0.6 is 15.9 Å². The zero-order valence-corrected chi connectivity index (χ0v) is 10.7. The zero-order valence-electron chi connectivity index (χ0n) is 9.09. The highest BCUT2D eigenvalue weighted by Gasteiger charge is 2.20. The van der Waals surface area contributed by atoms with Crippen LogP contribution in [0.15, 0.2) is 28.7 Å².